The van der Waals surface area contributed by atoms with E-state index in [0.29, 0.717) is 12.1 Å². The van der Waals surface area contributed by atoms with Crippen molar-refractivity contribution < 1.29 is 0 Å². The molecule has 0 radical (unpaired) electrons. The van der Waals surface area contributed by atoms with Crippen molar-refractivity contribution in [1.82, 2.24) is 25.3 Å². The Hall–Kier alpha value is -0.430. The summed E-state index contributed by atoms with van der Waals surface area (Å²) < 4.78 is 0. The average molecular weight is 384 g/mol. The van der Waals surface area contributed by atoms with Crippen molar-refractivity contribution in [3.05, 3.63) is 0 Å². The van der Waals surface area contributed by atoms with Crippen molar-refractivity contribution in [3.63, 3.8) is 0 Å². The molecule has 2 heterocycles. The molecule has 0 aromatic carbocycles. The van der Waals surface area contributed by atoms with Crippen LogP contribution >= 0.6 is 12.2 Å². The van der Waals surface area contributed by atoms with Gasteiger partial charge in [-0.2, -0.15) is 0 Å². The lowest BCUT2D eigenvalue weighted by atomic mass is 9.80. The number of thiocarbonyl (C=S) groups is 1. The maximum Gasteiger partial charge on any atom is 0.169 e. The molecule has 0 aromatic heterocycles. The Bertz CT molecular complexity index is 453. The van der Waals surface area contributed by atoms with Gasteiger partial charge in [0.15, 0.2) is 5.11 Å². The van der Waals surface area contributed by atoms with E-state index >= 15 is 0 Å². The van der Waals surface area contributed by atoms with E-state index in [9.17, 15) is 0 Å². The van der Waals surface area contributed by atoms with E-state index in [4.69, 9.17) is 12.2 Å². The maximum atomic E-state index is 5.93. The second kappa shape index (κ2) is 8.72. The van der Waals surface area contributed by atoms with Crippen molar-refractivity contribution in [3.8, 4) is 0 Å². The molecule has 152 valence electrons. The second-order valence-electron chi connectivity index (χ2n) is 9.98. The zero-order valence-electron chi connectivity index (χ0n) is 18.1. The number of nitrogens with zero attached hydrogens (tertiary/aromatic N) is 3. The van der Waals surface area contributed by atoms with E-state index in [2.05, 4.69) is 74.2 Å². The first-order valence-electron chi connectivity index (χ1n) is 10.2. The molecule has 0 aliphatic carbocycles. The van der Waals surface area contributed by atoms with Crippen molar-refractivity contribution >= 4 is 17.3 Å². The van der Waals surface area contributed by atoms with Gasteiger partial charge < -0.3 is 25.3 Å². The highest BCUT2D eigenvalue weighted by molar-refractivity contribution is 7.80. The third-order valence-electron chi connectivity index (χ3n) is 5.70. The SMILES string of the molecule is CN(C)CCN(C(=S)NC1CC(C)(C)NC(C)(C)C1)C1CCN(C)CC1. The lowest BCUT2D eigenvalue weighted by Crippen LogP contribution is -2.63. The fraction of sp³-hybridized carbons (Fsp3) is 0.950. The Labute approximate surface area is 166 Å². The molecule has 0 saturated carbocycles. The molecule has 5 nitrogen and oxygen atoms in total. The minimum Gasteiger partial charge on any atom is -0.360 e. The smallest absolute Gasteiger partial charge is 0.169 e. The van der Waals surface area contributed by atoms with Gasteiger partial charge in [0.2, 0.25) is 0 Å². The number of likely N-dealkylation sites (tertiary alicyclic amines) is 1. The first-order chi connectivity index (χ1) is 12.0. The summed E-state index contributed by atoms with van der Waals surface area (Å²) in [6, 6.07) is 0.996. The third-order valence-corrected chi connectivity index (χ3v) is 6.05. The molecule has 6 heteroatoms. The van der Waals surface area contributed by atoms with Gasteiger partial charge in [-0.3, -0.25) is 0 Å². The highest BCUT2D eigenvalue weighted by atomic mass is 32.1. The van der Waals surface area contributed by atoms with E-state index in [1.54, 1.807) is 0 Å². The molecule has 0 amide bonds. The van der Waals surface area contributed by atoms with E-state index < -0.39 is 0 Å². The van der Waals surface area contributed by atoms with Crippen LogP contribution in [-0.2, 0) is 0 Å². The van der Waals surface area contributed by atoms with E-state index in [1.807, 2.05) is 0 Å². The quantitative estimate of drug-likeness (QED) is 0.708. The Morgan fingerprint density at radius 3 is 2.12 bits per heavy atom. The molecule has 2 N–H and O–H groups in total. The van der Waals surface area contributed by atoms with Crippen molar-refractivity contribution in [2.24, 2.45) is 0 Å². The lowest BCUT2D eigenvalue weighted by Gasteiger charge is -2.48. The van der Waals surface area contributed by atoms with Gasteiger partial charge in [0.1, 0.15) is 0 Å². The predicted octanol–water partition coefficient (Wildman–Crippen LogP) is 2.13. The van der Waals surface area contributed by atoms with Crippen LogP contribution in [-0.4, -0.2) is 90.3 Å². The van der Waals surface area contributed by atoms with E-state index in [-0.39, 0.29) is 11.1 Å². The van der Waals surface area contributed by atoms with Crippen molar-refractivity contribution in [2.75, 3.05) is 47.3 Å². The molecule has 26 heavy (non-hydrogen) atoms. The van der Waals surface area contributed by atoms with Crippen LogP contribution in [0.25, 0.3) is 0 Å². The number of nitrogens with one attached hydrogen (secondary N) is 2. The van der Waals surface area contributed by atoms with Crippen LogP contribution in [0, 0.1) is 0 Å². The Morgan fingerprint density at radius 1 is 1.08 bits per heavy atom. The largest absolute Gasteiger partial charge is 0.360 e. The Kier molecular flexibility index (Phi) is 7.33. The standard InChI is InChI=1S/C20H41N5S/c1-19(2)14-16(15-20(3,4)22-19)21-18(26)25(13-12-23(5)6)17-8-10-24(7)11-9-17/h16-17,22H,8-15H2,1-7H3,(H,21,26). The summed E-state index contributed by atoms with van der Waals surface area (Å²) >= 11 is 5.93. The highest BCUT2D eigenvalue weighted by Gasteiger charge is 2.38. The molecule has 0 spiro atoms. The molecule has 0 unspecified atom stereocenters. The van der Waals surface area contributed by atoms with Crippen LogP contribution < -0.4 is 10.6 Å². The molecule has 0 aromatic rings. The van der Waals surface area contributed by atoms with E-state index in [1.165, 1.54) is 25.9 Å². The summed E-state index contributed by atoms with van der Waals surface area (Å²) in [6.45, 7) is 13.6. The van der Waals surface area contributed by atoms with E-state index in [0.717, 1.165) is 31.0 Å². The summed E-state index contributed by atoms with van der Waals surface area (Å²) in [6.07, 6.45) is 4.61. The fourth-order valence-corrected chi connectivity index (χ4v) is 5.15. The molecule has 2 fully saturated rings. The lowest BCUT2D eigenvalue weighted by molar-refractivity contribution is 0.145. The molecule has 0 atom stereocenters. The number of rotatable bonds is 5. The summed E-state index contributed by atoms with van der Waals surface area (Å²) in [5.41, 5.74) is 0.272. The van der Waals surface area contributed by atoms with Gasteiger partial charge >= 0.3 is 0 Å². The number of likely N-dealkylation sites (N-methyl/N-ethyl adjacent to an activating group) is 1. The van der Waals surface area contributed by atoms with Gasteiger partial charge in [0.25, 0.3) is 0 Å². The van der Waals surface area contributed by atoms with Crippen molar-refractivity contribution in [2.45, 2.75) is 76.5 Å². The maximum absolute atomic E-state index is 5.93. The number of hydrogen-bond acceptors (Lipinski definition) is 4. The molecule has 2 rings (SSSR count). The van der Waals surface area contributed by atoms with Gasteiger partial charge in [-0.05, 0) is 99.8 Å². The van der Waals surface area contributed by atoms with Crippen LogP contribution in [0.2, 0.25) is 0 Å². The minimum absolute atomic E-state index is 0.136. The second-order valence-corrected chi connectivity index (χ2v) is 10.4. The van der Waals surface area contributed by atoms with Crippen LogP contribution in [0.3, 0.4) is 0 Å². The summed E-state index contributed by atoms with van der Waals surface area (Å²) in [5.74, 6) is 0. The van der Waals surface area contributed by atoms with Gasteiger partial charge in [-0.25, -0.2) is 0 Å². The first kappa shape index (κ1) is 21.9. The average Bonchev–Trinajstić information content (AvgIpc) is 2.45. The monoisotopic (exact) mass is 383 g/mol. The van der Waals surface area contributed by atoms with Crippen molar-refractivity contribution in [1.29, 1.82) is 0 Å². The molecular weight excluding hydrogens is 342 g/mol. The number of hydrogen-bond donors (Lipinski definition) is 2. The number of piperidine rings is 2. The summed E-state index contributed by atoms with van der Waals surface area (Å²) in [4.78, 5) is 7.15. The topological polar surface area (TPSA) is 33.8 Å². The van der Waals surface area contributed by atoms with Crippen LogP contribution in [0.15, 0.2) is 0 Å². The zero-order chi connectivity index (χ0) is 19.5. The molecule has 2 aliphatic rings. The Balaban J connectivity index is 2.03. The normalized spacial score (nSPS) is 24.6. The fourth-order valence-electron chi connectivity index (χ4n) is 4.75. The van der Waals surface area contributed by atoms with Gasteiger partial charge in [-0.1, -0.05) is 0 Å². The summed E-state index contributed by atoms with van der Waals surface area (Å²) in [7, 11) is 6.50. The van der Waals surface area contributed by atoms with Gasteiger partial charge in [0, 0.05) is 36.3 Å². The first-order valence-corrected chi connectivity index (χ1v) is 10.6. The molecule has 2 saturated heterocycles. The van der Waals surface area contributed by atoms with Gasteiger partial charge in [0.05, 0.1) is 0 Å². The predicted molar refractivity (Wildman–Crippen MR) is 116 cm³/mol. The molecule has 0 bridgehead atoms. The van der Waals surface area contributed by atoms with Crippen LogP contribution in [0.4, 0.5) is 0 Å². The molecule has 2 aliphatic heterocycles. The highest BCUT2D eigenvalue weighted by Crippen LogP contribution is 2.29. The minimum atomic E-state index is 0.136. The third kappa shape index (κ3) is 6.63. The van der Waals surface area contributed by atoms with Gasteiger partial charge in [-0.15, -0.1) is 0 Å². The zero-order valence-corrected chi connectivity index (χ0v) is 18.9. The van der Waals surface area contributed by atoms with Crippen LogP contribution in [0.5, 0.6) is 0 Å². The molecular formula is C20H41N5S. The Morgan fingerprint density at radius 2 is 1.62 bits per heavy atom. The summed E-state index contributed by atoms with van der Waals surface area (Å²) in [5, 5.41) is 8.47. The van der Waals surface area contributed by atoms with Crippen LogP contribution in [0.1, 0.15) is 53.4 Å².